The van der Waals surface area contributed by atoms with Gasteiger partial charge in [0.1, 0.15) is 0 Å². The van der Waals surface area contributed by atoms with Gasteiger partial charge in [-0.05, 0) is 12.3 Å². The minimum atomic E-state index is -0.0635. The fourth-order valence-corrected chi connectivity index (χ4v) is 2.30. The van der Waals surface area contributed by atoms with E-state index in [-0.39, 0.29) is 24.3 Å². The Morgan fingerprint density at radius 1 is 1.00 bits per heavy atom. The molecule has 1 saturated heterocycles. The van der Waals surface area contributed by atoms with Crippen LogP contribution in [0.2, 0.25) is 0 Å². The van der Waals surface area contributed by atoms with Crippen LogP contribution in [0.25, 0.3) is 0 Å². The first kappa shape index (κ1) is 17.5. The van der Waals surface area contributed by atoms with Gasteiger partial charge in [0.05, 0.1) is 6.54 Å². The molecule has 3 amide bonds. The molecule has 0 atom stereocenters. The van der Waals surface area contributed by atoms with Crippen LogP contribution >= 0.6 is 0 Å². The molecule has 0 spiro atoms. The van der Waals surface area contributed by atoms with E-state index in [0.717, 1.165) is 6.42 Å². The number of carbonyl (C=O) groups excluding carboxylic acids is 3. The van der Waals surface area contributed by atoms with Gasteiger partial charge < -0.3 is 14.7 Å². The van der Waals surface area contributed by atoms with Crippen LogP contribution < -0.4 is 0 Å². The summed E-state index contributed by atoms with van der Waals surface area (Å²) in [6.07, 6.45) is 0.894. The van der Waals surface area contributed by atoms with Gasteiger partial charge in [-0.25, -0.2) is 0 Å². The van der Waals surface area contributed by atoms with Gasteiger partial charge in [-0.15, -0.1) is 0 Å². The summed E-state index contributed by atoms with van der Waals surface area (Å²) < 4.78 is 0. The van der Waals surface area contributed by atoms with Crippen LogP contribution in [0, 0.1) is 5.92 Å². The molecule has 0 aromatic carbocycles. The zero-order chi connectivity index (χ0) is 16.0. The van der Waals surface area contributed by atoms with Crippen molar-refractivity contribution < 1.29 is 14.4 Å². The number of rotatable bonds is 5. The highest BCUT2D eigenvalue weighted by Crippen LogP contribution is 2.06. The summed E-state index contributed by atoms with van der Waals surface area (Å²) in [6.45, 7) is 10.3. The lowest BCUT2D eigenvalue weighted by molar-refractivity contribution is -0.142. The predicted molar refractivity (Wildman–Crippen MR) is 80.5 cm³/mol. The van der Waals surface area contributed by atoms with Crippen LogP contribution in [0.15, 0.2) is 0 Å². The standard InChI is InChI=1S/C15H27N3O3/c1-12(2)5-6-18(14(4)20)11-15(21)17-9-7-16(8-10-17)13(3)19/h12H,5-11H2,1-4H3. The van der Waals surface area contributed by atoms with Crippen molar-refractivity contribution in [3.63, 3.8) is 0 Å². The molecule has 1 aliphatic rings. The molecule has 0 aromatic heterocycles. The summed E-state index contributed by atoms with van der Waals surface area (Å²) in [7, 11) is 0. The highest BCUT2D eigenvalue weighted by molar-refractivity contribution is 5.84. The van der Waals surface area contributed by atoms with E-state index in [1.807, 2.05) is 0 Å². The number of carbonyl (C=O) groups is 3. The van der Waals surface area contributed by atoms with Crippen molar-refractivity contribution in [3.8, 4) is 0 Å². The third kappa shape index (κ3) is 5.73. The van der Waals surface area contributed by atoms with Crippen LogP contribution in [0.5, 0.6) is 0 Å². The molecule has 0 aliphatic carbocycles. The molecular weight excluding hydrogens is 270 g/mol. The average Bonchev–Trinajstić information content (AvgIpc) is 2.42. The lowest BCUT2D eigenvalue weighted by Gasteiger charge is -2.35. The molecule has 21 heavy (non-hydrogen) atoms. The van der Waals surface area contributed by atoms with Crippen LogP contribution in [-0.2, 0) is 14.4 Å². The van der Waals surface area contributed by atoms with Crippen molar-refractivity contribution >= 4 is 17.7 Å². The largest absolute Gasteiger partial charge is 0.339 e. The lowest BCUT2D eigenvalue weighted by atomic mass is 10.1. The molecule has 0 unspecified atom stereocenters. The quantitative estimate of drug-likeness (QED) is 0.745. The minimum absolute atomic E-state index is 0.0304. The smallest absolute Gasteiger partial charge is 0.242 e. The van der Waals surface area contributed by atoms with E-state index in [9.17, 15) is 14.4 Å². The monoisotopic (exact) mass is 297 g/mol. The maximum Gasteiger partial charge on any atom is 0.242 e. The Morgan fingerprint density at radius 2 is 1.52 bits per heavy atom. The fourth-order valence-electron chi connectivity index (χ4n) is 2.30. The normalized spacial score (nSPS) is 15.3. The topological polar surface area (TPSA) is 60.9 Å². The second-order valence-corrected chi connectivity index (χ2v) is 6.01. The summed E-state index contributed by atoms with van der Waals surface area (Å²) >= 11 is 0. The van der Waals surface area contributed by atoms with Crippen molar-refractivity contribution in [1.82, 2.24) is 14.7 Å². The Balaban J connectivity index is 2.47. The van der Waals surface area contributed by atoms with E-state index in [1.54, 1.807) is 21.6 Å². The Morgan fingerprint density at radius 3 is 1.95 bits per heavy atom. The van der Waals surface area contributed by atoms with Crippen molar-refractivity contribution in [2.75, 3.05) is 39.3 Å². The van der Waals surface area contributed by atoms with Crippen LogP contribution in [0.3, 0.4) is 0 Å². The third-order valence-electron chi connectivity index (χ3n) is 3.83. The molecule has 6 heteroatoms. The molecular formula is C15H27N3O3. The zero-order valence-electron chi connectivity index (χ0n) is 13.6. The molecule has 1 heterocycles. The second kappa shape index (κ2) is 8.00. The molecule has 6 nitrogen and oxygen atoms in total. The first-order chi connectivity index (χ1) is 9.81. The predicted octanol–water partition coefficient (Wildman–Crippen LogP) is 0.572. The maximum absolute atomic E-state index is 12.3. The number of hydrogen-bond donors (Lipinski definition) is 0. The summed E-state index contributed by atoms with van der Waals surface area (Å²) in [5, 5.41) is 0. The molecule has 0 saturated carbocycles. The summed E-state index contributed by atoms with van der Waals surface area (Å²) in [6, 6.07) is 0. The van der Waals surface area contributed by atoms with Gasteiger partial charge in [0.2, 0.25) is 17.7 Å². The van der Waals surface area contributed by atoms with Gasteiger partial charge in [-0.3, -0.25) is 14.4 Å². The Kier molecular flexibility index (Phi) is 6.65. The Labute approximate surface area is 127 Å². The number of piperazine rings is 1. The Bertz CT molecular complexity index is 388. The van der Waals surface area contributed by atoms with E-state index in [2.05, 4.69) is 13.8 Å². The van der Waals surface area contributed by atoms with E-state index >= 15 is 0 Å². The van der Waals surface area contributed by atoms with Crippen molar-refractivity contribution in [1.29, 1.82) is 0 Å². The fraction of sp³-hybridized carbons (Fsp3) is 0.800. The molecule has 0 radical (unpaired) electrons. The Hall–Kier alpha value is -1.59. The van der Waals surface area contributed by atoms with Gasteiger partial charge in [0.15, 0.2) is 0 Å². The number of nitrogens with zero attached hydrogens (tertiary/aromatic N) is 3. The van der Waals surface area contributed by atoms with Gasteiger partial charge in [-0.2, -0.15) is 0 Å². The molecule has 120 valence electrons. The van der Waals surface area contributed by atoms with Gasteiger partial charge in [0, 0.05) is 46.6 Å². The van der Waals surface area contributed by atoms with Crippen LogP contribution in [0.1, 0.15) is 34.1 Å². The summed E-state index contributed by atoms with van der Waals surface area (Å²) in [4.78, 5) is 40.2. The molecule has 1 fully saturated rings. The van der Waals surface area contributed by atoms with Gasteiger partial charge in [0.25, 0.3) is 0 Å². The molecule has 1 rings (SSSR count). The highest BCUT2D eigenvalue weighted by atomic mass is 16.2. The van der Waals surface area contributed by atoms with Crippen LogP contribution in [0.4, 0.5) is 0 Å². The summed E-state index contributed by atoms with van der Waals surface area (Å²) in [5.41, 5.74) is 0. The molecule has 1 aliphatic heterocycles. The van der Waals surface area contributed by atoms with E-state index in [4.69, 9.17) is 0 Å². The number of amides is 3. The maximum atomic E-state index is 12.3. The highest BCUT2D eigenvalue weighted by Gasteiger charge is 2.24. The average molecular weight is 297 g/mol. The van der Waals surface area contributed by atoms with Crippen molar-refractivity contribution in [3.05, 3.63) is 0 Å². The first-order valence-corrected chi connectivity index (χ1v) is 7.60. The van der Waals surface area contributed by atoms with Crippen molar-refractivity contribution in [2.45, 2.75) is 34.1 Å². The molecule has 0 N–H and O–H groups in total. The van der Waals surface area contributed by atoms with Crippen LogP contribution in [-0.4, -0.2) is 71.7 Å². The van der Waals surface area contributed by atoms with Gasteiger partial charge in [-0.1, -0.05) is 13.8 Å². The van der Waals surface area contributed by atoms with E-state index in [1.165, 1.54) is 6.92 Å². The number of hydrogen-bond acceptors (Lipinski definition) is 3. The lowest BCUT2D eigenvalue weighted by Crippen LogP contribution is -2.52. The third-order valence-corrected chi connectivity index (χ3v) is 3.83. The van der Waals surface area contributed by atoms with Crippen molar-refractivity contribution in [2.24, 2.45) is 5.92 Å². The minimum Gasteiger partial charge on any atom is -0.339 e. The molecule has 0 aromatic rings. The SMILES string of the molecule is CC(=O)N1CCN(C(=O)CN(CCC(C)C)C(C)=O)CC1. The first-order valence-electron chi connectivity index (χ1n) is 7.60. The second-order valence-electron chi connectivity index (χ2n) is 6.01. The van der Waals surface area contributed by atoms with E-state index in [0.29, 0.717) is 38.6 Å². The summed E-state index contributed by atoms with van der Waals surface area (Å²) in [5.74, 6) is 0.453. The zero-order valence-corrected chi connectivity index (χ0v) is 13.6. The molecule has 0 bridgehead atoms. The van der Waals surface area contributed by atoms with E-state index < -0.39 is 0 Å². The van der Waals surface area contributed by atoms with Gasteiger partial charge >= 0.3 is 0 Å².